The number of rotatable bonds is 6. The molecule has 6 nitrogen and oxygen atoms in total. The zero-order valence-corrected chi connectivity index (χ0v) is 15.9. The lowest BCUT2D eigenvalue weighted by Gasteiger charge is -2.32. The van der Waals surface area contributed by atoms with Crippen LogP contribution in [0.3, 0.4) is 0 Å². The molecule has 1 aromatic rings. The molecule has 0 radical (unpaired) electrons. The predicted octanol–water partition coefficient (Wildman–Crippen LogP) is 2.66. The smallest absolute Gasteiger partial charge is 0.253 e. The van der Waals surface area contributed by atoms with Crippen molar-refractivity contribution >= 4 is 23.4 Å². The summed E-state index contributed by atoms with van der Waals surface area (Å²) in [6.45, 7) is 7.46. The molecule has 3 amide bonds. The maximum atomic E-state index is 12.8. The average molecular weight is 359 g/mol. The van der Waals surface area contributed by atoms with E-state index in [2.05, 4.69) is 24.5 Å². The summed E-state index contributed by atoms with van der Waals surface area (Å²) in [5.74, 6) is 0.159. The van der Waals surface area contributed by atoms with Crippen molar-refractivity contribution in [3.05, 3.63) is 29.8 Å². The lowest BCUT2D eigenvalue weighted by Crippen LogP contribution is -2.45. The Kier molecular flexibility index (Phi) is 7.18. The van der Waals surface area contributed by atoms with E-state index in [1.807, 2.05) is 0 Å². The molecule has 0 aromatic heterocycles. The number of likely N-dealkylation sites (tertiary alicyclic amines) is 1. The minimum absolute atomic E-state index is 0.0372. The number of hydrogen-bond donors (Lipinski definition) is 2. The summed E-state index contributed by atoms with van der Waals surface area (Å²) in [6, 6.07) is 6.91. The minimum atomic E-state index is -0.175. The number of piperidine rings is 1. The Bertz CT molecular complexity index is 657. The highest BCUT2D eigenvalue weighted by molar-refractivity contribution is 5.97. The molecule has 0 bridgehead atoms. The van der Waals surface area contributed by atoms with Gasteiger partial charge >= 0.3 is 0 Å². The van der Waals surface area contributed by atoms with Crippen LogP contribution in [0.4, 0.5) is 5.69 Å². The van der Waals surface area contributed by atoms with Gasteiger partial charge in [-0.1, -0.05) is 19.9 Å². The first-order chi connectivity index (χ1) is 12.4. The van der Waals surface area contributed by atoms with Crippen molar-refractivity contribution < 1.29 is 14.4 Å². The Balaban J connectivity index is 1.97. The molecular formula is C20H29N3O3. The van der Waals surface area contributed by atoms with Crippen LogP contribution in [0.25, 0.3) is 0 Å². The monoisotopic (exact) mass is 359 g/mol. The van der Waals surface area contributed by atoms with Gasteiger partial charge in [-0.15, -0.1) is 0 Å². The molecular weight excluding hydrogens is 330 g/mol. The van der Waals surface area contributed by atoms with Crippen LogP contribution in [0.1, 0.15) is 50.4 Å². The molecule has 6 heteroatoms. The molecule has 0 aliphatic carbocycles. The minimum Gasteiger partial charge on any atom is -0.356 e. The SMILES string of the molecule is CC(=O)Nc1cccc(C(=O)N2CCC[C@@H](C(=O)NCCC(C)C)C2)c1. The van der Waals surface area contributed by atoms with Gasteiger partial charge in [-0.25, -0.2) is 0 Å². The summed E-state index contributed by atoms with van der Waals surface area (Å²) >= 11 is 0. The van der Waals surface area contributed by atoms with Gasteiger partial charge in [0.25, 0.3) is 5.91 Å². The van der Waals surface area contributed by atoms with Crippen LogP contribution < -0.4 is 10.6 Å². The number of benzene rings is 1. The van der Waals surface area contributed by atoms with Gasteiger partial charge in [-0.3, -0.25) is 14.4 Å². The van der Waals surface area contributed by atoms with E-state index in [1.165, 1.54) is 6.92 Å². The van der Waals surface area contributed by atoms with E-state index in [4.69, 9.17) is 0 Å². The molecule has 142 valence electrons. The second kappa shape index (κ2) is 9.36. The van der Waals surface area contributed by atoms with Crippen LogP contribution in [0, 0.1) is 11.8 Å². The maximum absolute atomic E-state index is 12.8. The van der Waals surface area contributed by atoms with E-state index >= 15 is 0 Å². The standard InChI is InChI=1S/C20H29N3O3/c1-14(2)9-10-21-19(25)17-7-5-11-23(13-17)20(26)16-6-4-8-18(12-16)22-15(3)24/h4,6,8,12,14,17H,5,7,9-11,13H2,1-3H3,(H,21,25)(H,22,24)/t17-/m1/s1. The number of nitrogens with one attached hydrogen (secondary N) is 2. The molecule has 1 aliphatic heterocycles. The average Bonchev–Trinajstić information content (AvgIpc) is 2.60. The van der Waals surface area contributed by atoms with Gasteiger partial charge in [0.05, 0.1) is 5.92 Å². The van der Waals surface area contributed by atoms with Gasteiger partial charge < -0.3 is 15.5 Å². The number of amides is 3. The van der Waals surface area contributed by atoms with E-state index in [0.29, 0.717) is 36.8 Å². The Hall–Kier alpha value is -2.37. The maximum Gasteiger partial charge on any atom is 0.253 e. The molecule has 0 unspecified atom stereocenters. The summed E-state index contributed by atoms with van der Waals surface area (Å²) in [7, 11) is 0. The van der Waals surface area contributed by atoms with Crippen molar-refractivity contribution in [1.82, 2.24) is 10.2 Å². The van der Waals surface area contributed by atoms with E-state index in [0.717, 1.165) is 19.3 Å². The predicted molar refractivity (Wildman–Crippen MR) is 102 cm³/mol. The molecule has 1 atom stereocenters. The highest BCUT2D eigenvalue weighted by Crippen LogP contribution is 2.20. The lowest BCUT2D eigenvalue weighted by molar-refractivity contribution is -0.126. The van der Waals surface area contributed by atoms with E-state index in [1.54, 1.807) is 29.2 Å². The Labute approximate surface area is 155 Å². The van der Waals surface area contributed by atoms with Crippen molar-refractivity contribution in [2.45, 2.75) is 40.0 Å². The summed E-state index contributed by atoms with van der Waals surface area (Å²) in [4.78, 5) is 38.1. The zero-order valence-electron chi connectivity index (χ0n) is 15.9. The van der Waals surface area contributed by atoms with Crippen LogP contribution in [0.15, 0.2) is 24.3 Å². The van der Waals surface area contributed by atoms with E-state index < -0.39 is 0 Å². The number of nitrogens with zero attached hydrogens (tertiary/aromatic N) is 1. The molecule has 1 saturated heterocycles. The highest BCUT2D eigenvalue weighted by Gasteiger charge is 2.28. The fraction of sp³-hybridized carbons (Fsp3) is 0.550. The van der Waals surface area contributed by atoms with Gasteiger partial charge in [0, 0.05) is 37.8 Å². The molecule has 1 aliphatic rings. The van der Waals surface area contributed by atoms with Gasteiger partial charge in [-0.2, -0.15) is 0 Å². The molecule has 1 heterocycles. The fourth-order valence-electron chi connectivity index (χ4n) is 3.12. The van der Waals surface area contributed by atoms with Gasteiger partial charge in [0.2, 0.25) is 11.8 Å². The third kappa shape index (κ3) is 5.86. The van der Waals surface area contributed by atoms with Crippen LogP contribution in [0.2, 0.25) is 0 Å². The van der Waals surface area contributed by atoms with Crippen molar-refractivity contribution in [2.75, 3.05) is 25.0 Å². The van der Waals surface area contributed by atoms with Crippen LogP contribution >= 0.6 is 0 Å². The van der Waals surface area contributed by atoms with Crippen molar-refractivity contribution in [2.24, 2.45) is 11.8 Å². The Morgan fingerprint density at radius 2 is 2.04 bits per heavy atom. The molecule has 1 aromatic carbocycles. The normalized spacial score (nSPS) is 17.1. The summed E-state index contributed by atoms with van der Waals surface area (Å²) < 4.78 is 0. The third-order valence-electron chi connectivity index (χ3n) is 4.53. The second-order valence-corrected chi connectivity index (χ2v) is 7.33. The molecule has 0 saturated carbocycles. The summed E-state index contributed by atoms with van der Waals surface area (Å²) in [5.41, 5.74) is 1.13. The van der Waals surface area contributed by atoms with Gasteiger partial charge in [-0.05, 0) is 43.4 Å². The topological polar surface area (TPSA) is 78.5 Å². The molecule has 1 fully saturated rings. The second-order valence-electron chi connectivity index (χ2n) is 7.33. The van der Waals surface area contributed by atoms with Gasteiger partial charge in [0.15, 0.2) is 0 Å². The number of carbonyl (C=O) groups is 3. The fourth-order valence-corrected chi connectivity index (χ4v) is 3.12. The Morgan fingerprint density at radius 3 is 2.73 bits per heavy atom. The van der Waals surface area contributed by atoms with Gasteiger partial charge in [0.1, 0.15) is 0 Å². The lowest BCUT2D eigenvalue weighted by atomic mass is 9.96. The summed E-state index contributed by atoms with van der Waals surface area (Å²) in [6.07, 6.45) is 2.58. The molecule has 26 heavy (non-hydrogen) atoms. The zero-order chi connectivity index (χ0) is 19.1. The largest absolute Gasteiger partial charge is 0.356 e. The van der Waals surface area contributed by atoms with Crippen molar-refractivity contribution in [3.8, 4) is 0 Å². The third-order valence-corrected chi connectivity index (χ3v) is 4.53. The van der Waals surface area contributed by atoms with Crippen LogP contribution in [0.5, 0.6) is 0 Å². The van der Waals surface area contributed by atoms with Crippen LogP contribution in [-0.2, 0) is 9.59 Å². The summed E-state index contributed by atoms with van der Waals surface area (Å²) in [5, 5.41) is 5.68. The highest BCUT2D eigenvalue weighted by atomic mass is 16.2. The van der Waals surface area contributed by atoms with Crippen molar-refractivity contribution in [1.29, 1.82) is 0 Å². The molecule has 2 rings (SSSR count). The number of carbonyl (C=O) groups excluding carboxylic acids is 3. The number of anilines is 1. The van der Waals surface area contributed by atoms with Crippen LogP contribution in [-0.4, -0.2) is 42.3 Å². The first-order valence-corrected chi connectivity index (χ1v) is 9.31. The quantitative estimate of drug-likeness (QED) is 0.820. The number of hydrogen-bond acceptors (Lipinski definition) is 3. The Morgan fingerprint density at radius 1 is 1.27 bits per heavy atom. The van der Waals surface area contributed by atoms with E-state index in [-0.39, 0.29) is 23.6 Å². The first kappa shape index (κ1) is 19.9. The molecule has 2 N–H and O–H groups in total. The first-order valence-electron chi connectivity index (χ1n) is 9.31. The van der Waals surface area contributed by atoms with Crippen molar-refractivity contribution in [3.63, 3.8) is 0 Å². The molecule has 0 spiro atoms. The van der Waals surface area contributed by atoms with E-state index in [9.17, 15) is 14.4 Å².